The number of fused-ring (bicyclic) bond motifs is 1. The fourth-order valence-electron chi connectivity index (χ4n) is 3.62. The highest BCUT2D eigenvalue weighted by atomic mass is 35.5. The number of rotatable bonds is 4. The van der Waals surface area contributed by atoms with Gasteiger partial charge in [0.1, 0.15) is 11.9 Å². The van der Waals surface area contributed by atoms with Crippen molar-refractivity contribution in [2.75, 3.05) is 18.4 Å². The van der Waals surface area contributed by atoms with Gasteiger partial charge in [-0.3, -0.25) is 4.79 Å². The van der Waals surface area contributed by atoms with E-state index >= 15 is 0 Å². The van der Waals surface area contributed by atoms with Gasteiger partial charge in [-0.2, -0.15) is 0 Å². The quantitative estimate of drug-likeness (QED) is 0.694. The zero-order valence-electron chi connectivity index (χ0n) is 14.7. The zero-order valence-corrected chi connectivity index (χ0v) is 16.2. The van der Waals surface area contributed by atoms with Crippen LogP contribution in [0.4, 0.5) is 10.1 Å². The van der Waals surface area contributed by atoms with E-state index in [1.54, 1.807) is 11.3 Å². The summed E-state index contributed by atoms with van der Waals surface area (Å²) in [6.07, 6.45) is 3.22. The third kappa shape index (κ3) is 4.13. The highest BCUT2D eigenvalue weighted by molar-refractivity contribution is 7.18. The molecule has 2 heterocycles. The minimum absolute atomic E-state index is 0.125. The molecule has 2 aromatic carbocycles. The van der Waals surface area contributed by atoms with Gasteiger partial charge in [-0.25, -0.2) is 9.37 Å². The lowest BCUT2D eigenvalue weighted by Gasteiger charge is -2.30. The molecule has 3 aromatic rings. The molecular formula is C20H20ClFN3OS+. The van der Waals surface area contributed by atoms with Crippen LogP contribution in [0.2, 0.25) is 5.02 Å². The van der Waals surface area contributed by atoms with E-state index in [9.17, 15) is 9.18 Å². The van der Waals surface area contributed by atoms with Gasteiger partial charge in [-0.1, -0.05) is 23.7 Å². The molecule has 1 fully saturated rings. The molecule has 140 valence electrons. The number of carbonyl (C=O) groups excluding carboxylic acids is 1. The SMILES string of the molecule is O=C(C[NH+]1CCCC[C@H]1c1nc2ccccc2s1)Nc1cc(Cl)ccc1F. The van der Waals surface area contributed by atoms with Gasteiger partial charge in [0.05, 0.1) is 22.4 Å². The number of nitrogens with zero attached hydrogens (tertiary/aromatic N) is 1. The van der Waals surface area contributed by atoms with Crippen molar-refractivity contribution < 1.29 is 14.1 Å². The number of nitrogens with one attached hydrogen (secondary N) is 2. The lowest BCUT2D eigenvalue weighted by atomic mass is 10.0. The minimum Gasteiger partial charge on any atom is -0.319 e. The highest BCUT2D eigenvalue weighted by Gasteiger charge is 2.32. The first kappa shape index (κ1) is 18.3. The second-order valence-electron chi connectivity index (χ2n) is 6.83. The van der Waals surface area contributed by atoms with Gasteiger partial charge < -0.3 is 10.2 Å². The summed E-state index contributed by atoms with van der Waals surface area (Å²) >= 11 is 7.61. The first-order valence-electron chi connectivity index (χ1n) is 9.05. The maximum atomic E-state index is 13.9. The van der Waals surface area contributed by atoms with E-state index in [-0.39, 0.29) is 24.2 Å². The van der Waals surface area contributed by atoms with Crippen LogP contribution in [0.5, 0.6) is 0 Å². The topological polar surface area (TPSA) is 46.4 Å². The third-order valence-corrected chi connectivity index (χ3v) is 6.32. The maximum absolute atomic E-state index is 13.9. The smallest absolute Gasteiger partial charge is 0.279 e. The van der Waals surface area contributed by atoms with Crippen molar-refractivity contribution in [3.63, 3.8) is 0 Å². The molecule has 1 aromatic heterocycles. The van der Waals surface area contributed by atoms with Gasteiger partial charge in [0.2, 0.25) is 0 Å². The summed E-state index contributed by atoms with van der Waals surface area (Å²) in [5.74, 6) is -0.691. The summed E-state index contributed by atoms with van der Waals surface area (Å²) in [5.41, 5.74) is 1.13. The van der Waals surface area contributed by atoms with Gasteiger partial charge in [-0.15, -0.1) is 11.3 Å². The first-order chi connectivity index (χ1) is 13.1. The molecule has 0 aliphatic carbocycles. The largest absolute Gasteiger partial charge is 0.319 e. The van der Waals surface area contributed by atoms with E-state index in [0.29, 0.717) is 5.02 Å². The van der Waals surface area contributed by atoms with Crippen molar-refractivity contribution >= 4 is 44.7 Å². The number of aromatic nitrogens is 1. The fourth-order valence-corrected chi connectivity index (χ4v) is 4.95. The second-order valence-corrected chi connectivity index (χ2v) is 8.32. The predicted molar refractivity (Wildman–Crippen MR) is 107 cm³/mol. The molecule has 1 aliphatic rings. The van der Waals surface area contributed by atoms with Crippen molar-refractivity contribution in [1.82, 2.24) is 4.98 Å². The average Bonchev–Trinajstić information content (AvgIpc) is 3.09. The number of benzene rings is 2. The van der Waals surface area contributed by atoms with Gasteiger partial charge in [-0.05, 0) is 43.2 Å². The lowest BCUT2D eigenvalue weighted by Crippen LogP contribution is -3.14. The predicted octanol–water partition coefficient (Wildman–Crippen LogP) is 3.84. The number of hydrogen-bond acceptors (Lipinski definition) is 3. The van der Waals surface area contributed by atoms with Crippen LogP contribution in [0.3, 0.4) is 0 Å². The molecule has 1 unspecified atom stereocenters. The van der Waals surface area contributed by atoms with Crippen LogP contribution in [0.15, 0.2) is 42.5 Å². The number of amides is 1. The summed E-state index contributed by atoms with van der Waals surface area (Å²) in [7, 11) is 0. The van der Waals surface area contributed by atoms with E-state index in [1.807, 2.05) is 18.2 Å². The number of piperidine rings is 1. The van der Waals surface area contributed by atoms with Crippen LogP contribution < -0.4 is 10.2 Å². The summed E-state index contributed by atoms with van der Waals surface area (Å²) in [5, 5.41) is 4.13. The van der Waals surface area contributed by atoms with Crippen molar-refractivity contribution in [1.29, 1.82) is 0 Å². The van der Waals surface area contributed by atoms with Crippen LogP contribution in [0.25, 0.3) is 10.2 Å². The number of quaternary nitrogens is 1. The Hall–Kier alpha value is -2.02. The number of anilines is 1. The molecule has 1 amide bonds. The van der Waals surface area contributed by atoms with Crippen molar-refractivity contribution in [3.8, 4) is 0 Å². The van der Waals surface area contributed by atoms with Crippen molar-refractivity contribution in [2.45, 2.75) is 25.3 Å². The summed E-state index contributed by atoms with van der Waals surface area (Å²) < 4.78 is 15.0. The van der Waals surface area contributed by atoms with Gasteiger partial charge in [0.25, 0.3) is 5.91 Å². The molecule has 0 radical (unpaired) electrons. The fraction of sp³-hybridized carbons (Fsp3) is 0.300. The Kier molecular flexibility index (Phi) is 5.38. The highest BCUT2D eigenvalue weighted by Crippen LogP contribution is 2.28. The number of halogens is 2. The first-order valence-corrected chi connectivity index (χ1v) is 10.2. The summed E-state index contributed by atoms with van der Waals surface area (Å²) in [6, 6.07) is 12.5. The van der Waals surface area contributed by atoms with Crippen LogP contribution in [0, 0.1) is 5.82 Å². The van der Waals surface area contributed by atoms with E-state index in [2.05, 4.69) is 11.4 Å². The Morgan fingerprint density at radius 2 is 2.15 bits per heavy atom. The minimum atomic E-state index is -0.482. The van der Waals surface area contributed by atoms with E-state index in [0.717, 1.165) is 36.3 Å². The van der Waals surface area contributed by atoms with E-state index in [4.69, 9.17) is 16.6 Å². The average molecular weight is 405 g/mol. The third-order valence-electron chi connectivity index (χ3n) is 4.93. The molecule has 7 heteroatoms. The Labute approximate surface area is 166 Å². The molecule has 0 bridgehead atoms. The van der Waals surface area contributed by atoms with Crippen LogP contribution in [0.1, 0.15) is 30.3 Å². The van der Waals surface area contributed by atoms with Gasteiger partial charge in [0.15, 0.2) is 11.6 Å². The number of likely N-dealkylation sites (tertiary alicyclic amines) is 1. The molecule has 1 aliphatic heterocycles. The maximum Gasteiger partial charge on any atom is 0.279 e. The molecule has 2 N–H and O–H groups in total. The van der Waals surface area contributed by atoms with Gasteiger partial charge in [0, 0.05) is 11.4 Å². The van der Waals surface area contributed by atoms with Crippen LogP contribution >= 0.6 is 22.9 Å². The Balaban J connectivity index is 1.50. The molecule has 27 heavy (non-hydrogen) atoms. The molecule has 0 spiro atoms. The molecule has 2 atom stereocenters. The molecule has 4 rings (SSSR count). The number of thiazole rings is 1. The van der Waals surface area contributed by atoms with Crippen LogP contribution in [-0.4, -0.2) is 24.0 Å². The molecule has 0 saturated carbocycles. The Bertz CT molecular complexity index is 944. The second kappa shape index (κ2) is 7.92. The monoisotopic (exact) mass is 404 g/mol. The van der Waals surface area contributed by atoms with Crippen molar-refractivity contribution in [2.24, 2.45) is 0 Å². The van der Waals surface area contributed by atoms with E-state index < -0.39 is 5.82 Å². The lowest BCUT2D eigenvalue weighted by molar-refractivity contribution is -0.929. The number of hydrogen-bond donors (Lipinski definition) is 2. The summed E-state index contributed by atoms with van der Waals surface area (Å²) in [4.78, 5) is 18.5. The van der Waals surface area contributed by atoms with Gasteiger partial charge >= 0.3 is 0 Å². The number of para-hydroxylation sites is 1. The van der Waals surface area contributed by atoms with E-state index in [1.165, 1.54) is 27.8 Å². The van der Waals surface area contributed by atoms with Crippen LogP contribution in [-0.2, 0) is 4.79 Å². The zero-order chi connectivity index (χ0) is 18.8. The summed E-state index contributed by atoms with van der Waals surface area (Å²) in [6.45, 7) is 1.19. The Morgan fingerprint density at radius 1 is 1.30 bits per heavy atom. The normalized spacial score (nSPS) is 19.9. The molecule has 1 saturated heterocycles. The molecular weight excluding hydrogens is 385 g/mol. The molecule has 4 nitrogen and oxygen atoms in total. The number of carbonyl (C=O) groups is 1. The Morgan fingerprint density at radius 3 is 3.00 bits per heavy atom. The standard InChI is InChI=1S/C20H19ClFN3OS/c21-13-8-9-14(22)16(11-13)23-19(26)12-25-10-4-3-6-17(25)20-24-15-5-1-2-7-18(15)27-20/h1-2,5,7-9,11,17H,3-4,6,10,12H2,(H,23,26)/p+1/t17-/m0/s1. The van der Waals surface area contributed by atoms with Crippen molar-refractivity contribution in [3.05, 3.63) is 58.3 Å².